The lowest BCUT2D eigenvalue weighted by Crippen LogP contribution is -2.46. The van der Waals surface area contributed by atoms with Crippen molar-refractivity contribution in [2.75, 3.05) is 19.6 Å². The average molecular weight is 311 g/mol. The van der Waals surface area contributed by atoms with Crippen molar-refractivity contribution >= 4 is 29.1 Å². The molecule has 1 aliphatic rings. The number of thiophene rings is 1. The summed E-state index contributed by atoms with van der Waals surface area (Å²) in [5, 5.41) is 10.9. The van der Waals surface area contributed by atoms with Crippen LogP contribution in [0.3, 0.4) is 0 Å². The van der Waals surface area contributed by atoms with E-state index in [4.69, 9.17) is 5.11 Å². The monoisotopic (exact) mass is 311 g/mol. The molecule has 0 radical (unpaired) electrons. The minimum Gasteiger partial charge on any atom is -0.481 e. The molecule has 1 fully saturated rings. The van der Waals surface area contributed by atoms with E-state index in [1.54, 1.807) is 29.3 Å². The molecule has 3 N–H and O–H groups in total. The Bertz CT molecular complexity index is 546. The first-order chi connectivity index (χ1) is 9.90. The van der Waals surface area contributed by atoms with Gasteiger partial charge in [0, 0.05) is 6.54 Å². The Balaban J connectivity index is 1.76. The molecule has 7 nitrogen and oxygen atoms in total. The zero-order valence-corrected chi connectivity index (χ0v) is 12.4. The van der Waals surface area contributed by atoms with Crippen LogP contribution in [0, 0.1) is 5.41 Å². The molecule has 8 heteroatoms. The van der Waals surface area contributed by atoms with Crippen molar-refractivity contribution in [3.05, 3.63) is 22.4 Å². The molecule has 114 valence electrons. The highest BCUT2D eigenvalue weighted by atomic mass is 32.1. The number of likely N-dealkylation sites (tertiary alicyclic amines) is 1. The number of hydrogen-bond donors (Lipinski definition) is 3. The fourth-order valence-corrected chi connectivity index (χ4v) is 2.82. The van der Waals surface area contributed by atoms with Crippen LogP contribution in [-0.2, 0) is 9.59 Å². The second kappa shape index (κ2) is 6.23. The second-order valence-corrected chi connectivity index (χ2v) is 6.25. The number of nitrogens with one attached hydrogen (secondary N) is 2. The predicted molar refractivity (Wildman–Crippen MR) is 76.7 cm³/mol. The number of nitrogens with zero attached hydrogens (tertiary/aromatic N) is 1. The maximum atomic E-state index is 11.7. The molecule has 1 aromatic heterocycles. The van der Waals surface area contributed by atoms with E-state index in [1.165, 1.54) is 11.3 Å². The SMILES string of the molecule is CC1(C(=O)O)CCN(CC(=O)NNC(=O)c2cccs2)C1. The summed E-state index contributed by atoms with van der Waals surface area (Å²) in [6.07, 6.45) is 0.511. The lowest BCUT2D eigenvalue weighted by Gasteiger charge is -2.19. The van der Waals surface area contributed by atoms with Gasteiger partial charge in [-0.2, -0.15) is 0 Å². The third-order valence-corrected chi connectivity index (χ3v) is 4.36. The van der Waals surface area contributed by atoms with E-state index < -0.39 is 11.4 Å². The van der Waals surface area contributed by atoms with Crippen molar-refractivity contribution < 1.29 is 19.5 Å². The minimum atomic E-state index is -0.851. The maximum absolute atomic E-state index is 11.7. The number of carbonyl (C=O) groups excluding carboxylic acids is 2. The summed E-state index contributed by atoms with van der Waals surface area (Å²) in [7, 11) is 0. The predicted octanol–water partition coefficient (Wildman–Crippen LogP) is 0.306. The topological polar surface area (TPSA) is 98.7 Å². The van der Waals surface area contributed by atoms with E-state index in [0.29, 0.717) is 24.4 Å². The Labute approximate surface area is 125 Å². The van der Waals surface area contributed by atoms with Gasteiger partial charge in [0.05, 0.1) is 16.8 Å². The van der Waals surface area contributed by atoms with Crippen molar-refractivity contribution in [2.45, 2.75) is 13.3 Å². The number of carboxylic acid groups (broad SMARTS) is 1. The van der Waals surface area contributed by atoms with Crippen molar-refractivity contribution in [1.29, 1.82) is 0 Å². The van der Waals surface area contributed by atoms with Gasteiger partial charge < -0.3 is 5.11 Å². The zero-order chi connectivity index (χ0) is 15.5. The highest BCUT2D eigenvalue weighted by molar-refractivity contribution is 7.12. The van der Waals surface area contributed by atoms with Crippen LogP contribution in [0.4, 0.5) is 0 Å². The fraction of sp³-hybridized carbons (Fsp3) is 0.462. The van der Waals surface area contributed by atoms with Gasteiger partial charge in [-0.1, -0.05) is 6.07 Å². The van der Waals surface area contributed by atoms with Gasteiger partial charge >= 0.3 is 5.97 Å². The molecular weight excluding hydrogens is 294 g/mol. The summed E-state index contributed by atoms with van der Waals surface area (Å²) in [4.78, 5) is 36.8. The van der Waals surface area contributed by atoms with E-state index in [1.807, 2.05) is 0 Å². The Morgan fingerprint density at radius 2 is 2.19 bits per heavy atom. The first-order valence-corrected chi connectivity index (χ1v) is 7.37. The molecule has 0 aromatic carbocycles. The molecule has 2 amide bonds. The molecule has 21 heavy (non-hydrogen) atoms. The van der Waals surface area contributed by atoms with Crippen LogP contribution in [0.25, 0.3) is 0 Å². The Morgan fingerprint density at radius 3 is 2.76 bits per heavy atom. The molecule has 0 spiro atoms. The maximum Gasteiger partial charge on any atom is 0.310 e. The van der Waals surface area contributed by atoms with Crippen molar-refractivity contribution in [2.24, 2.45) is 5.41 Å². The first kappa shape index (κ1) is 15.5. The summed E-state index contributed by atoms with van der Waals surface area (Å²) < 4.78 is 0. The molecule has 2 heterocycles. The van der Waals surface area contributed by atoms with Crippen LogP contribution in [0.2, 0.25) is 0 Å². The lowest BCUT2D eigenvalue weighted by molar-refractivity contribution is -0.147. The average Bonchev–Trinajstić information content (AvgIpc) is 3.07. The van der Waals surface area contributed by atoms with Crippen LogP contribution < -0.4 is 10.9 Å². The van der Waals surface area contributed by atoms with Crippen LogP contribution in [0.15, 0.2) is 17.5 Å². The van der Waals surface area contributed by atoms with Gasteiger partial charge in [-0.05, 0) is 31.3 Å². The number of hydrogen-bond acceptors (Lipinski definition) is 5. The summed E-state index contributed by atoms with van der Waals surface area (Å²) in [6.45, 7) is 2.61. The van der Waals surface area contributed by atoms with E-state index in [0.717, 1.165) is 0 Å². The van der Waals surface area contributed by atoms with Crippen molar-refractivity contribution in [3.8, 4) is 0 Å². The van der Waals surface area contributed by atoms with E-state index >= 15 is 0 Å². The number of rotatable bonds is 4. The van der Waals surface area contributed by atoms with Gasteiger partial charge in [0.15, 0.2) is 0 Å². The largest absolute Gasteiger partial charge is 0.481 e. The highest BCUT2D eigenvalue weighted by Crippen LogP contribution is 2.29. The van der Waals surface area contributed by atoms with Crippen LogP contribution >= 0.6 is 11.3 Å². The third-order valence-electron chi connectivity index (χ3n) is 3.50. The van der Waals surface area contributed by atoms with Gasteiger partial charge in [-0.25, -0.2) is 0 Å². The van der Waals surface area contributed by atoms with Crippen LogP contribution in [0.5, 0.6) is 0 Å². The second-order valence-electron chi connectivity index (χ2n) is 5.31. The van der Waals surface area contributed by atoms with Crippen molar-refractivity contribution in [3.63, 3.8) is 0 Å². The van der Waals surface area contributed by atoms with Crippen molar-refractivity contribution in [1.82, 2.24) is 15.8 Å². The molecular formula is C13H17N3O4S. The van der Waals surface area contributed by atoms with E-state index in [2.05, 4.69) is 10.9 Å². The smallest absolute Gasteiger partial charge is 0.310 e. The number of aliphatic carboxylic acids is 1. The fourth-order valence-electron chi connectivity index (χ4n) is 2.20. The Hall–Kier alpha value is -1.93. The summed E-state index contributed by atoms with van der Waals surface area (Å²) in [5.41, 5.74) is 3.86. The molecule has 0 bridgehead atoms. The molecule has 1 aliphatic heterocycles. The molecule has 1 unspecified atom stereocenters. The van der Waals surface area contributed by atoms with Gasteiger partial charge in [-0.3, -0.25) is 30.1 Å². The summed E-state index contributed by atoms with van der Waals surface area (Å²) in [6, 6.07) is 3.41. The van der Waals surface area contributed by atoms with Gasteiger partial charge in [-0.15, -0.1) is 11.3 Å². The lowest BCUT2D eigenvalue weighted by atomic mass is 9.90. The number of hydrazine groups is 1. The van der Waals surface area contributed by atoms with E-state index in [9.17, 15) is 14.4 Å². The molecule has 1 saturated heterocycles. The van der Waals surface area contributed by atoms with Crippen LogP contribution in [-0.4, -0.2) is 47.4 Å². The molecule has 2 rings (SSSR count). The standard InChI is InChI=1S/C13H17N3O4S/c1-13(12(19)20)4-5-16(8-13)7-10(17)14-15-11(18)9-3-2-6-21-9/h2-3,6H,4-5,7-8H2,1H3,(H,14,17)(H,15,18)(H,19,20). The van der Waals surface area contributed by atoms with Gasteiger partial charge in [0.25, 0.3) is 11.8 Å². The third kappa shape index (κ3) is 3.79. The van der Waals surface area contributed by atoms with Gasteiger partial charge in [0.1, 0.15) is 0 Å². The minimum absolute atomic E-state index is 0.0631. The number of carbonyl (C=O) groups is 3. The summed E-state index contributed by atoms with van der Waals surface area (Å²) >= 11 is 1.28. The molecule has 1 aromatic rings. The van der Waals surface area contributed by atoms with Gasteiger partial charge in [0.2, 0.25) is 0 Å². The quantitative estimate of drug-likeness (QED) is 0.695. The highest BCUT2D eigenvalue weighted by Gasteiger charge is 2.40. The number of carboxylic acids is 1. The molecule has 1 atom stereocenters. The summed E-state index contributed by atoms with van der Waals surface area (Å²) in [5.74, 6) is -1.58. The molecule has 0 aliphatic carbocycles. The normalized spacial score (nSPS) is 22.0. The van der Waals surface area contributed by atoms with Crippen LogP contribution in [0.1, 0.15) is 23.0 Å². The van der Waals surface area contributed by atoms with E-state index in [-0.39, 0.29) is 18.4 Å². The number of amides is 2. The Kier molecular flexibility index (Phi) is 4.59. The Morgan fingerprint density at radius 1 is 1.43 bits per heavy atom. The molecule has 0 saturated carbocycles. The first-order valence-electron chi connectivity index (χ1n) is 6.49. The zero-order valence-electron chi connectivity index (χ0n) is 11.6.